The number of carbonyl (C=O) groups is 1. The molecular formula is C12H20O4. The summed E-state index contributed by atoms with van der Waals surface area (Å²) in [6, 6.07) is 0. The summed E-state index contributed by atoms with van der Waals surface area (Å²) in [7, 11) is 0. The van der Waals surface area contributed by atoms with Gasteiger partial charge in [0.25, 0.3) is 0 Å². The quantitative estimate of drug-likeness (QED) is 0.669. The van der Waals surface area contributed by atoms with Gasteiger partial charge < -0.3 is 14.9 Å². The summed E-state index contributed by atoms with van der Waals surface area (Å²) in [5.41, 5.74) is 1.22. The van der Waals surface area contributed by atoms with Crippen LogP contribution in [0.15, 0.2) is 11.1 Å². The van der Waals surface area contributed by atoms with Crippen LogP contribution in [0, 0.1) is 0 Å². The van der Waals surface area contributed by atoms with Crippen LogP contribution < -0.4 is 0 Å². The third kappa shape index (κ3) is 3.32. The molecule has 0 aromatic rings. The highest BCUT2D eigenvalue weighted by Gasteiger charge is 2.25. The Labute approximate surface area is 95.9 Å². The van der Waals surface area contributed by atoms with Crippen molar-refractivity contribution in [3.63, 3.8) is 0 Å². The number of aliphatic hydroxyl groups is 2. The summed E-state index contributed by atoms with van der Waals surface area (Å²) in [6.07, 6.45) is 1.84. The summed E-state index contributed by atoms with van der Waals surface area (Å²) < 4.78 is 4.83. The minimum absolute atomic E-state index is 0.210. The van der Waals surface area contributed by atoms with E-state index in [1.54, 1.807) is 6.92 Å². The Morgan fingerprint density at radius 2 is 2.06 bits per heavy atom. The van der Waals surface area contributed by atoms with Crippen molar-refractivity contribution in [3.8, 4) is 0 Å². The molecule has 4 heteroatoms. The maximum atomic E-state index is 11.1. The fourth-order valence-electron chi connectivity index (χ4n) is 1.76. The maximum absolute atomic E-state index is 11.1. The van der Waals surface area contributed by atoms with Crippen LogP contribution in [-0.4, -0.2) is 35.0 Å². The summed E-state index contributed by atoms with van der Waals surface area (Å²) in [4.78, 5) is 11.1. The molecule has 0 amide bonds. The largest absolute Gasteiger partial charge is 0.458 e. The molecule has 0 saturated carbocycles. The number of aliphatic hydroxyl groups excluding tert-OH is 2. The number of esters is 1. The molecule has 92 valence electrons. The van der Waals surface area contributed by atoms with Crippen molar-refractivity contribution in [2.24, 2.45) is 0 Å². The fourth-order valence-corrected chi connectivity index (χ4v) is 1.76. The molecule has 4 nitrogen and oxygen atoms in total. The SMILES string of the molecule is CCC(O)CCCC(O)C1=C(C)C(=O)OC1. The van der Waals surface area contributed by atoms with Crippen LogP contribution in [0.2, 0.25) is 0 Å². The third-order valence-corrected chi connectivity index (χ3v) is 3.04. The van der Waals surface area contributed by atoms with Crippen LogP contribution in [0.3, 0.4) is 0 Å². The fraction of sp³-hybridized carbons (Fsp3) is 0.750. The Morgan fingerprint density at radius 3 is 2.56 bits per heavy atom. The van der Waals surface area contributed by atoms with Gasteiger partial charge in [0.05, 0.1) is 12.2 Å². The van der Waals surface area contributed by atoms with Gasteiger partial charge in [-0.15, -0.1) is 0 Å². The summed E-state index contributed by atoms with van der Waals surface area (Å²) in [5, 5.41) is 19.2. The first-order chi connectivity index (χ1) is 7.56. The van der Waals surface area contributed by atoms with Gasteiger partial charge in [0.1, 0.15) is 6.61 Å². The van der Waals surface area contributed by atoms with Gasteiger partial charge in [0, 0.05) is 11.1 Å². The van der Waals surface area contributed by atoms with Crippen LogP contribution >= 0.6 is 0 Å². The van der Waals surface area contributed by atoms with Crippen LogP contribution in [0.1, 0.15) is 39.5 Å². The smallest absolute Gasteiger partial charge is 0.334 e. The lowest BCUT2D eigenvalue weighted by Gasteiger charge is -2.12. The molecule has 2 N–H and O–H groups in total. The topological polar surface area (TPSA) is 66.8 Å². The van der Waals surface area contributed by atoms with Gasteiger partial charge in [0.2, 0.25) is 0 Å². The van der Waals surface area contributed by atoms with Crippen LogP contribution in [-0.2, 0) is 9.53 Å². The molecule has 1 aliphatic rings. The highest BCUT2D eigenvalue weighted by molar-refractivity contribution is 5.91. The highest BCUT2D eigenvalue weighted by atomic mass is 16.5. The number of carbonyl (C=O) groups excluding carboxylic acids is 1. The Morgan fingerprint density at radius 1 is 1.38 bits per heavy atom. The maximum Gasteiger partial charge on any atom is 0.334 e. The number of hydrogen-bond donors (Lipinski definition) is 2. The standard InChI is InChI=1S/C12H20O4/c1-3-9(13)5-4-6-11(14)10-7-16-12(15)8(10)2/h9,11,13-14H,3-7H2,1-2H3. The predicted octanol–water partition coefficient (Wildman–Crippen LogP) is 1.16. The molecule has 0 aliphatic carbocycles. The molecule has 1 rings (SSSR count). The van der Waals surface area contributed by atoms with Crippen molar-refractivity contribution in [1.29, 1.82) is 0 Å². The molecule has 0 aromatic heterocycles. The van der Waals surface area contributed by atoms with Crippen molar-refractivity contribution in [2.45, 2.75) is 51.7 Å². The first-order valence-corrected chi connectivity index (χ1v) is 5.79. The monoisotopic (exact) mass is 228 g/mol. The lowest BCUT2D eigenvalue weighted by molar-refractivity contribution is -0.135. The second-order valence-electron chi connectivity index (χ2n) is 4.24. The van der Waals surface area contributed by atoms with Crippen LogP contribution in [0.4, 0.5) is 0 Å². The Kier molecular flexibility index (Phi) is 4.96. The second-order valence-corrected chi connectivity index (χ2v) is 4.24. The molecular weight excluding hydrogens is 208 g/mol. The van der Waals surface area contributed by atoms with Crippen LogP contribution in [0.5, 0.6) is 0 Å². The minimum atomic E-state index is -0.615. The van der Waals surface area contributed by atoms with E-state index in [-0.39, 0.29) is 18.7 Å². The van der Waals surface area contributed by atoms with Gasteiger partial charge in [0.15, 0.2) is 0 Å². The first-order valence-electron chi connectivity index (χ1n) is 5.79. The molecule has 16 heavy (non-hydrogen) atoms. The number of hydrogen-bond acceptors (Lipinski definition) is 4. The van der Waals surface area contributed by atoms with E-state index in [0.29, 0.717) is 24.0 Å². The van der Waals surface area contributed by atoms with E-state index in [0.717, 1.165) is 12.8 Å². The lowest BCUT2D eigenvalue weighted by Crippen LogP contribution is -2.14. The van der Waals surface area contributed by atoms with Gasteiger partial charge in [-0.3, -0.25) is 0 Å². The van der Waals surface area contributed by atoms with E-state index in [1.165, 1.54) is 0 Å². The normalized spacial score (nSPS) is 19.9. The molecule has 0 spiro atoms. The van der Waals surface area contributed by atoms with E-state index in [2.05, 4.69) is 0 Å². The number of ether oxygens (including phenoxy) is 1. The summed E-state index contributed by atoms with van der Waals surface area (Å²) >= 11 is 0. The zero-order valence-corrected chi connectivity index (χ0v) is 9.90. The molecule has 2 unspecified atom stereocenters. The highest BCUT2D eigenvalue weighted by Crippen LogP contribution is 2.21. The molecule has 0 aromatic carbocycles. The average Bonchev–Trinajstić information content (AvgIpc) is 2.59. The summed E-state index contributed by atoms with van der Waals surface area (Å²) in [6.45, 7) is 3.81. The van der Waals surface area contributed by atoms with Crippen molar-refractivity contribution < 1.29 is 19.7 Å². The van der Waals surface area contributed by atoms with Crippen molar-refractivity contribution in [1.82, 2.24) is 0 Å². The van der Waals surface area contributed by atoms with Crippen LogP contribution in [0.25, 0.3) is 0 Å². The van der Waals surface area contributed by atoms with E-state index in [1.807, 2.05) is 6.92 Å². The zero-order chi connectivity index (χ0) is 12.1. The first kappa shape index (κ1) is 13.2. The Balaban J connectivity index is 2.36. The van der Waals surface area contributed by atoms with Gasteiger partial charge in [-0.2, -0.15) is 0 Å². The molecule has 0 saturated heterocycles. The number of cyclic esters (lactones) is 1. The zero-order valence-electron chi connectivity index (χ0n) is 9.90. The van der Waals surface area contributed by atoms with Gasteiger partial charge in [-0.25, -0.2) is 4.79 Å². The van der Waals surface area contributed by atoms with Crippen molar-refractivity contribution in [2.75, 3.05) is 6.61 Å². The van der Waals surface area contributed by atoms with E-state index >= 15 is 0 Å². The molecule has 2 atom stereocenters. The van der Waals surface area contributed by atoms with E-state index < -0.39 is 6.10 Å². The Hall–Kier alpha value is -0.870. The molecule has 1 aliphatic heterocycles. The summed E-state index contributed by atoms with van der Waals surface area (Å²) in [5.74, 6) is -0.331. The molecule has 0 bridgehead atoms. The molecule has 1 heterocycles. The predicted molar refractivity (Wildman–Crippen MR) is 59.8 cm³/mol. The second kappa shape index (κ2) is 6.01. The van der Waals surface area contributed by atoms with Crippen molar-refractivity contribution in [3.05, 3.63) is 11.1 Å². The number of rotatable bonds is 6. The van der Waals surface area contributed by atoms with E-state index in [4.69, 9.17) is 4.74 Å². The van der Waals surface area contributed by atoms with Gasteiger partial charge in [-0.05, 0) is 32.6 Å². The van der Waals surface area contributed by atoms with Gasteiger partial charge >= 0.3 is 5.97 Å². The third-order valence-electron chi connectivity index (χ3n) is 3.04. The minimum Gasteiger partial charge on any atom is -0.458 e. The molecule has 0 radical (unpaired) electrons. The van der Waals surface area contributed by atoms with Crippen molar-refractivity contribution >= 4 is 5.97 Å². The lowest BCUT2D eigenvalue weighted by atomic mass is 10.00. The van der Waals surface area contributed by atoms with Gasteiger partial charge in [-0.1, -0.05) is 6.92 Å². The average molecular weight is 228 g/mol. The molecule has 0 fully saturated rings. The Bertz CT molecular complexity index is 283. The van der Waals surface area contributed by atoms with E-state index in [9.17, 15) is 15.0 Å².